The lowest BCUT2D eigenvalue weighted by atomic mass is 9.90. The van der Waals surface area contributed by atoms with Crippen molar-refractivity contribution >= 4 is 18.0 Å². The summed E-state index contributed by atoms with van der Waals surface area (Å²) in [5.74, 6) is 2.03. The Hall–Kier alpha value is -1.73. The molecule has 2 N–H and O–H groups in total. The molecule has 1 atom stereocenters. The Bertz CT molecular complexity index is 806. The number of hydrogen-bond donors (Lipinski definition) is 2. The molecule has 2 amide bonds. The standard InChI is InChI=1S/C24H34FN3O2S/c1-17(20-12-21(25)14-22(13-20)30-16-18-8-9-18)27-31-11-4-2-3-10-28-15-23(26-24(28)29)19-6-5-7-19/h12-14,17-18,27H,2-11,15-16H2,1H3,(H,26,29)/t17-/m0/s1. The molecule has 1 aromatic carbocycles. The Kier molecular flexibility index (Phi) is 7.77. The van der Waals surface area contributed by atoms with Crippen LogP contribution < -0.4 is 14.8 Å². The van der Waals surface area contributed by atoms with Crippen molar-refractivity contribution in [3.05, 3.63) is 40.8 Å². The third kappa shape index (κ3) is 6.62. The lowest BCUT2D eigenvalue weighted by molar-refractivity contribution is 0.216. The summed E-state index contributed by atoms with van der Waals surface area (Å²) in [5.41, 5.74) is 3.51. The summed E-state index contributed by atoms with van der Waals surface area (Å²) in [4.78, 5) is 14.0. The zero-order chi connectivity index (χ0) is 21.6. The van der Waals surface area contributed by atoms with Crippen LogP contribution in [0.5, 0.6) is 5.75 Å². The predicted molar refractivity (Wildman–Crippen MR) is 123 cm³/mol. The van der Waals surface area contributed by atoms with Gasteiger partial charge in [-0.05, 0) is 81.1 Å². The minimum absolute atomic E-state index is 0.0511. The van der Waals surface area contributed by atoms with E-state index >= 15 is 0 Å². The summed E-state index contributed by atoms with van der Waals surface area (Å²) in [6.07, 6.45) is 9.21. The van der Waals surface area contributed by atoms with Crippen LogP contribution in [-0.2, 0) is 0 Å². The first-order chi connectivity index (χ1) is 15.1. The van der Waals surface area contributed by atoms with Crippen molar-refractivity contribution in [3.63, 3.8) is 0 Å². The summed E-state index contributed by atoms with van der Waals surface area (Å²) >= 11 is 1.68. The molecule has 1 aromatic rings. The van der Waals surface area contributed by atoms with Crippen LogP contribution >= 0.6 is 11.9 Å². The van der Waals surface area contributed by atoms with Gasteiger partial charge in [0, 0.05) is 30.1 Å². The molecule has 0 aromatic heterocycles. The van der Waals surface area contributed by atoms with Crippen LogP contribution in [0, 0.1) is 11.7 Å². The molecule has 1 heterocycles. The van der Waals surface area contributed by atoms with Crippen molar-refractivity contribution in [3.8, 4) is 5.75 Å². The van der Waals surface area contributed by atoms with E-state index in [2.05, 4.69) is 10.0 Å². The highest BCUT2D eigenvalue weighted by atomic mass is 32.2. The highest BCUT2D eigenvalue weighted by molar-refractivity contribution is 7.97. The number of halogens is 1. The summed E-state index contributed by atoms with van der Waals surface area (Å²) in [5, 5.41) is 3.04. The average molecular weight is 448 g/mol. The number of urea groups is 1. The van der Waals surface area contributed by atoms with E-state index in [9.17, 15) is 9.18 Å². The first-order valence-corrected chi connectivity index (χ1v) is 12.6. The lowest BCUT2D eigenvalue weighted by Crippen LogP contribution is -2.28. The molecular weight excluding hydrogens is 413 g/mol. The van der Waals surface area contributed by atoms with Crippen LogP contribution in [-0.4, -0.2) is 36.4 Å². The Balaban J connectivity index is 1.09. The molecule has 0 bridgehead atoms. The quantitative estimate of drug-likeness (QED) is 0.326. The number of carbonyl (C=O) groups excluding carboxylic acids is 1. The molecule has 0 radical (unpaired) electrons. The van der Waals surface area contributed by atoms with Gasteiger partial charge in [-0.15, -0.1) is 0 Å². The molecule has 0 unspecified atom stereocenters. The van der Waals surface area contributed by atoms with Crippen molar-refractivity contribution in [1.82, 2.24) is 14.9 Å². The van der Waals surface area contributed by atoms with Gasteiger partial charge in [-0.2, -0.15) is 0 Å². The maximum Gasteiger partial charge on any atom is 0.321 e. The molecule has 3 aliphatic rings. The van der Waals surface area contributed by atoms with Crippen molar-refractivity contribution in [2.75, 3.05) is 25.4 Å². The number of unbranched alkanes of at least 4 members (excludes halogenated alkanes) is 2. The number of rotatable bonds is 12. The molecule has 1 aliphatic heterocycles. The van der Waals surface area contributed by atoms with Gasteiger partial charge in [0.25, 0.3) is 0 Å². The second-order valence-corrected chi connectivity index (χ2v) is 9.94. The monoisotopic (exact) mass is 447 g/mol. The van der Waals surface area contributed by atoms with Crippen molar-refractivity contribution < 1.29 is 13.9 Å². The van der Waals surface area contributed by atoms with E-state index < -0.39 is 0 Å². The van der Waals surface area contributed by atoms with E-state index in [1.54, 1.807) is 18.0 Å². The van der Waals surface area contributed by atoms with Gasteiger partial charge in [-0.1, -0.05) is 18.4 Å². The van der Waals surface area contributed by atoms with Crippen LogP contribution in [0.2, 0.25) is 0 Å². The normalized spacial score (nSPS) is 19.4. The topological polar surface area (TPSA) is 53.6 Å². The number of nitrogens with zero attached hydrogens (tertiary/aromatic N) is 1. The van der Waals surface area contributed by atoms with Gasteiger partial charge in [-0.3, -0.25) is 4.72 Å². The second-order valence-electron chi connectivity index (χ2n) is 9.01. The Morgan fingerprint density at radius 1 is 1.26 bits per heavy atom. The molecule has 0 spiro atoms. The maximum absolute atomic E-state index is 14.0. The largest absolute Gasteiger partial charge is 0.493 e. The SMILES string of the molecule is C[C@H](NSCCCCCN1CC(=C2CCC2)NC1=O)c1cc(F)cc(OCC2CC2)c1. The molecule has 1 saturated heterocycles. The summed E-state index contributed by atoms with van der Waals surface area (Å²) in [6.45, 7) is 4.33. The number of carbonyl (C=O) groups is 1. The Morgan fingerprint density at radius 3 is 2.84 bits per heavy atom. The first-order valence-electron chi connectivity index (χ1n) is 11.7. The highest BCUT2D eigenvalue weighted by Gasteiger charge is 2.27. The second kappa shape index (κ2) is 10.7. The van der Waals surface area contributed by atoms with Gasteiger partial charge in [-0.25, -0.2) is 9.18 Å². The van der Waals surface area contributed by atoms with Gasteiger partial charge in [0.05, 0.1) is 13.2 Å². The fraction of sp³-hybridized carbons (Fsp3) is 0.625. The van der Waals surface area contributed by atoms with Crippen LogP contribution in [0.15, 0.2) is 29.5 Å². The minimum Gasteiger partial charge on any atom is -0.493 e. The van der Waals surface area contributed by atoms with E-state index in [1.165, 1.54) is 30.9 Å². The third-order valence-electron chi connectivity index (χ3n) is 6.29. The molecular formula is C24H34FN3O2S. The number of ether oxygens (including phenoxy) is 1. The Labute approximate surface area is 189 Å². The predicted octanol–water partition coefficient (Wildman–Crippen LogP) is 5.55. The summed E-state index contributed by atoms with van der Waals surface area (Å²) in [7, 11) is 0. The number of hydrogen-bond acceptors (Lipinski definition) is 4. The van der Waals surface area contributed by atoms with Gasteiger partial charge in [0.2, 0.25) is 0 Å². The van der Waals surface area contributed by atoms with Crippen LogP contribution in [0.1, 0.15) is 69.9 Å². The van der Waals surface area contributed by atoms with Gasteiger partial charge >= 0.3 is 6.03 Å². The fourth-order valence-corrected chi connectivity index (χ4v) is 4.72. The van der Waals surface area contributed by atoms with E-state index in [-0.39, 0.29) is 17.9 Å². The van der Waals surface area contributed by atoms with E-state index in [0.717, 1.165) is 62.2 Å². The smallest absolute Gasteiger partial charge is 0.321 e. The first kappa shape index (κ1) is 22.5. The van der Waals surface area contributed by atoms with Crippen molar-refractivity contribution in [1.29, 1.82) is 0 Å². The zero-order valence-corrected chi connectivity index (χ0v) is 19.2. The van der Waals surface area contributed by atoms with Crippen molar-refractivity contribution in [2.24, 2.45) is 5.92 Å². The number of amides is 2. The van der Waals surface area contributed by atoms with E-state index in [1.807, 2.05) is 17.9 Å². The molecule has 4 rings (SSSR count). The Morgan fingerprint density at radius 2 is 2.10 bits per heavy atom. The van der Waals surface area contributed by atoms with Crippen LogP contribution in [0.3, 0.4) is 0 Å². The van der Waals surface area contributed by atoms with Crippen LogP contribution in [0.25, 0.3) is 0 Å². The number of benzene rings is 1. The minimum atomic E-state index is -0.246. The average Bonchev–Trinajstić information content (AvgIpc) is 3.46. The number of allylic oxidation sites excluding steroid dienone is 1. The van der Waals surface area contributed by atoms with E-state index in [4.69, 9.17) is 4.74 Å². The molecule has 2 aliphatic carbocycles. The third-order valence-corrected chi connectivity index (χ3v) is 7.30. The maximum atomic E-state index is 14.0. The van der Waals surface area contributed by atoms with Gasteiger partial charge < -0.3 is 15.0 Å². The molecule has 2 saturated carbocycles. The molecule has 7 heteroatoms. The van der Waals surface area contributed by atoms with Gasteiger partial charge in [0.1, 0.15) is 11.6 Å². The van der Waals surface area contributed by atoms with Crippen molar-refractivity contribution in [2.45, 2.75) is 64.3 Å². The lowest BCUT2D eigenvalue weighted by Gasteiger charge is -2.19. The van der Waals surface area contributed by atoms with Gasteiger partial charge in [0.15, 0.2) is 0 Å². The van der Waals surface area contributed by atoms with E-state index in [0.29, 0.717) is 18.3 Å². The molecule has 170 valence electrons. The fourth-order valence-electron chi connectivity index (χ4n) is 3.87. The summed E-state index contributed by atoms with van der Waals surface area (Å²) in [6, 6.07) is 5.11. The molecule has 3 fully saturated rings. The zero-order valence-electron chi connectivity index (χ0n) is 18.4. The van der Waals surface area contributed by atoms with Crippen LogP contribution in [0.4, 0.5) is 9.18 Å². The highest BCUT2D eigenvalue weighted by Crippen LogP contribution is 2.31. The molecule has 31 heavy (non-hydrogen) atoms. The molecule has 5 nitrogen and oxygen atoms in total. The number of nitrogens with one attached hydrogen (secondary N) is 2. The summed E-state index contributed by atoms with van der Waals surface area (Å²) < 4.78 is 23.1.